The maximum Gasteiger partial charge on any atom is 0.0914 e. The van der Waals surface area contributed by atoms with Crippen molar-refractivity contribution in [1.29, 1.82) is 0 Å². The zero-order chi connectivity index (χ0) is 12.4. The standard InChI is InChI=1S/C14H10BrN3/c15-12-8-14-13(16-10-12)6-7-18(14)17-9-11-4-2-1-3-5-11/h1-10H/b17-9+. The van der Waals surface area contributed by atoms with Gasteiger partial charge >= 0.3 is 0 Å². The van der Waals surface area contributed by atoms with Gasteiger partial charge in [0.2, 0.25) is 0 Å². The Kier molecular flexibility index (Phi) is 2.94. The first-order chi connectivity index (χ1) is 8.83. The number of hydrogen-bond acceptors (Lipinski definition) is 2. The van der Waals surface area contributed by atoms with Crippen LogP contribution in [0.5, 0.6) is 0 Å². The summed E-state index contributed by atoms with van der Waals surface area (Å²) in [6.45, 7) is 0. The summed E-state index contributed by atoms with van der Waals surface area (Å²) in [5.41, 5.74) is 2.99. The van der Waals surface area contributed by atoms with Crippen molar-refractivity contribution in [3.63, 3.8) is 0 Å². The largest absolute Gasteiger partial charge is 0.253 e. The van der Waals surface area contributed by atoms with Gasteiger partial charge in [-0.2, -0.15) is 5.10 Å². The minimum Gasteiger partial charge on any atom is -0.253 e. The number of fused-ring (bicyclic) bond motifs is 1. The topological polar surface area (TPSA) is 30.2 Å². The first-order valence-electron chi connectivity index (χ1n) is 5.55. The molecule has 0 aliphatic rings. The zero-order valence-corrected chi connectivity index (χ0v) is 11.1. The maximum atomic E-state index is 4.44. The van der Waals surface area contributed by atoms with Gasteiger partial charge in [-0.25, -0.2) is 4.68 Å². The summed E-state index contributed by atoms with van der Waals surface area (Å²) in [4.78, 5) is 4.31. The Labute approximate surface area is 113 Å². The van der Waals surface area contributed by atoms with Gasteiger partial charge in [-0.15, -0.1) is 0 Å². The smallest absolute Gasteiger partial charge is 0.0914 e. The lowest BCUT2D eigenvalue weighted by molar-refractivity contribution is 0.932. The Morgan fingerprint density at radius 2 is 2.00 bits per heavy atom. The van der Waals surface area contributed by atoms with Crippen LogP contribution in [0, 0.1) is 0 Å². The van der Waals surface area contributed by atoms with Crippen LogP contribution in [0.3, 0.4) is 0 Å². The number of nitrogens with zero attached hydrogens (tertiary/aromatic N) is 3. The molecule has 0 N–H and O–H groups in total. The third-order valence-electron chi connectivity index (χ3n) is 2.62. The SMILES string of the molecule is Brc1cnc2ccn(/N=C/c3ccccc3)c2c1. The maximum absolute atomic E-state index is 4.44. The van der Waals surface area contributed by atoms with Gasteiger partial charge in [0.25, 0.3) is 0 Å². The summed E-state index contributed by atoms with van der Waals surface area (Å²) in [5, 5.41) is 4.44. The second-order valence-corrected chi connectivity index (χ2v) is 4.79. The Morgan fingerprint density at radius 1 is 1.17 bits per heavy atom. The van der Waals surface area contributed by atoms with Gasteiger partial charge in [0, 0.05) is 16.9 Å². The molecule has 0 spiro atoms. The molecule has 18 heavy (non-hydrogen) atoms. The molecular weight excluding hydrogens is 290 g/mol. The van der Waals surface area contributed by atoms with Crippen LogP contribution < -0.4 is 0 Å². The highest BCUT2D eigenvalue weighted by molar-refractivity contribution is 9.10. The number of pyridine rings is 1. The minimum atomic E-state index is 0.934. The lowest BCUT2D eigenvalue weighted by Crippen LogP contribution is -1.89. The van der Waals surface area contributed by atoms with Crippen molar-refractivity contribution in [3.8, 4) is 0 Å². The molecule has 0 atom stereocenters. The van der Waals surface area contributed by atoms with Crippen molar-refractivity contribution < 1.29 is 0 Å². The summed E-state index contributed by atoms with van der Waals surface area (Å²) < 4.78 is 2.77. The van der Waals surface area contributed by atoms with Crippen molar-refractivity contribution >= 4 is 33.2 Å². The van der Waals surface area contributed by atoms with E-state index in [1.165, 1.54) is 0 Å². The van der Waals surface area contributed by atoms with Gasteiger partial charge in [-0.3, -0.25) is 4.98 Å². The van der Waals surface area contributed by atoms with E-state index in [-0.39, 0.29) is 0 Å². The molecule has 0 saturated carbocycles. The molecule has 0 radical (unpaired) electrons. The van der Waals surface area contributed by atoms with Gasteiger partial charge in [0.15, 0.2) is 0 Å². The fourth-order valence-corrected chi connectivity index (χ4v) is 2.06. The fraction of sp³-hybridized carbons (Fsp3) is 0. The summed E-state index contributed by atoms with van der Waals surface area (Å²) in [6, 6.07) is 14.0. The van der Waals surface area contributed by atoms with Crippen molar-refractivity contribution in [3.05, 3.63) is 64.9 Å². The molecule has 3 nitrogen and oxygen atoms in total. The highest BCUT2D eigenvalue weighted by Crippen LogP contribution is 2.18. The number of benzene rings is 1. The molecule has 2 heterocycles. The van der Waals surface area contributed by atoms with Crippen molar-refractivity contribution in [1.82, 2.24) is 9.66 Å². The molecule has 0 bridgehead atoms. The molecule has 0 aliphatic carbocycles. The molecule has 4 heteroatoms. The second kappa shape index (κ2) is 4.74. The van der Waals surface area contributed by atoms with Crippen LogP contribution in [-0.4, -0.2) is 15.9 Å². The van der Waals surface area contributed by atoms with E-state index in [1.807, 2.05) is 59.6 Å². The number of rotatable bonds is 2. The van der Waals surface area contributed by atoms with E-state index < -0.39 is 0 Å². The first-order valence-corrected chi connectivity index (χ1v) is 6.34. The van der Waals surface area contributed by atoms with E-state index in [4.69, 9.17) is 0 Å². The fourth-order valence-electron chi connectivity index (χ4n) is 1.74. The van der Waals surface area contributed by atoms with Crippen LogP contribution in [0.4, 0.5) is 0 Å². The highest BCUT2D eigenvalue weighted by Gasteiger charge is 2.01. The Bertz CT molecular complexity index is 701. The van der Waals surface area contributed by atoms with E-state index in [2.05, 4.69) is 26.0 Å². The summed E-state index contributed by atoms with van der Waals surface area (Å²) >= 11 is 3.42. The molecular formula is C14H10BrN3. The second-order valence-electron chi connectivity index (χ2n) is 3.87. The van der Waals surface area contributed by atoms with Crippen molar-refractivity contribution in [2.75, 3.05) is 0 Å². The lowest BCUT2D eigenvalue weighted by atomic mass is 10.2. The Balaban J connectivity index is 2.00. The zero-order valence-electron chi connectivity index (χ0n) is 9.49. The van der Waals surface area contributed by atoms with Gasteiger partial charge < -0.3 is 0 Å². The van der Waals surface area contributed by atoms with E-state index in [0.717, 1.165) is 21.1 Å². The predicted molar refractivity (Wildman–Crippen MR) is 76.9 cm³/mol. The third-order valence-corrected chi connectivity index (χ3v) is 3.05. The molecule has 3 aromatic rings. The normalized spacial score (nSPS) is 11.4. The van der Waals surface area contributed by atoms with Crippen molar-refractivity contribution in [2.24, 2.45) is 5.10 Å². The summed E-state index contributed by atoms with van der Waals surface area (Å²) in [5.74, 6) is 0. The highest BCUT2D eigenvalue weighted by atomic mass is 79.9. The minimum absolute atomic E-state index is 0.934. The monoisotopic (exact) mass is 299 g/mol. The number of hydrogen-bond donors (Lipinski definition) is 0. The van der Waals surface area contributed by atoms with Crippen LogP contribution in [0.15, 0.2) is 64.4 Å². The number of aromatic nitrogens is 2. The Hall–Kier alpha value is -1.94. The average Bonchev–Trinajstić information content (AvgIpc) is 2.80. The molecule has 0 aliphatic heterocycles. The first kappa shape index (κ1) is 11.2. The third kappa shape index (κ3) is 2.19. The van der Waals surface area contributed by atoms with E-state index in [1.54, 1.807) is 6.20 Å². The van der Waals surface area contributed by atoms with E-state index in [9.17, 15) is 0 Å². The molecule has 0 saturated heterocycles. The molecule has 2 aromatic heterocycles. The van der Waals surface area contributed by atoms with Crippen LogP contribution in [0.25, 0.3) is 11.0 Å². The van der Waals surface area contributed by atoms with Crippen LogP contribution in [-0.2, 0) is 0 Å². The predicted octanol–water partition coefficient (Wildman–Crippen LogP) is 3.68. The molecule has 0 unspecified atom stereocenters. The quantitative estimate of drug-likeness (QED) is 0.664. The van der Waals surface area contributed by atoms with Crippen LogP contribution in [0.1, 0.15) is 5.56 Å². The van der Waals surface area contributed by atoms with Crippen LogP contribution in [0.2, 0.25) is 0 Å². The average molecular weight is 300 g/mol. The van der Waals surface area contributed by atoms with Gasteiger partial charge in [-0.1, -0.05) is 30.3 Å². The summed E-state index contributed by atoms with van der Waals surface area (Å²) in [6.07, 6.45) is 5.53. The Morgan fingerprint density at radius 3 is 2.83 bits per heavy atom. The molecule has 0 fully saturated rings. The van der Waals surface area contributed by atoms with E-state index in [0.29, 0.717) is 0 Å². The van der Waals surface area contributed by atoms with Crippen molar-refractivity contribution in [2.45, 2.75) is 0 Å². The van der Waals surface area contributed by atoms with Gasteiger partial charge in [-0.05, 0) is 33.6 Å². The molecule has 0 amide bonds. The summed E-state index contributed by atoms with van der Waals surface area (Å²) in [7, 11) is 0. The molecule has 88 valence electrons. The van der Waals surface area contributed by atoms with Gasteiger partial charge in [0.1, 0.15) is 0 Å². The van der Waals surface area contributed by atoms with Gasteiger partial charge in [0.05, 0.1) is 17.2 Å². The number of halogens is 1. The van der Waals surface area contributed by atoms with Crippen LogP contribution >= 0.6 is 15.9 Å². The molecule has 3 rings (SSSR count). The van der Waals surface area contributed by atoms with E-state index >= 15 is 0 Å². The molecule has 1 aromatic carbocycles. The lowest BCUT2D eigenvalue weighted by Gasteiger charge is -1.97.